The van der Waals surface area contributed by atoms with Crippen LogP contribution in [0.15, 0.2) is 0 Å². The summed E-state index contributed by atoms with van der Waals surface area (Å²) in [5.41, 5.74) is 5.15. The predicted molar refractivity (Wildman–Crippen MR) is 37.1 cm³/mol. The van der Waals surface area contributed by atoms with Crippen LogP contribution in [0.4, 0.5) is 0 Å². The molecule has 0 unspecified atom stereocenters. The Labute approximate surface area is 56.1 Å². The van der Waals surface area contributed by atoms with Crippen molar-refractivity contribution in [2.24, 2.45) is 5.73 Å². The van der Waals surface area contributed by atoms with Gasteiger partial charge in [0.05, 0.1) is 5.60 Å². The van der Waals surface area contributed by atoms with Gasteiger partial charge in [0.25, 0.3) is 0 Å². The molecule has 0 aromatic carbocycles. The van der Waals surface area contributed by atoms with Gasteiger partial charge >= 0.3 is 0 Å². The number of hydrogen-bond donors (Lipinski definition) is 2. The third-order valence-corrected chi connectivity index (χ3v) is 2.43. The molecule has 0 spiro atoms. The van der Waals surface area contributed by atoms with E-state index in [-0.39, 0.29) is 6.04 Å². The molecule has 0 radical (unpaired) electrons. The summed E-state index contributed by atoms with van der Waals surface area (Å²) in [6.07, 6.45) is 3.77. The highest BCUT2D eigenvalue weighted by Crippen LogP contribution is 2.30. The molecule has 9 heavy (non-hydrogen) atoms. The second-order valence-corrected chi connectivity index (χ2v) is 2.96. The van der Waals surface area contributed by atoms with Gasteiger partial charge in [0.15, 0.2) is 0 Å². The lowest BCUT2D eigenvalue weighted by Crippen LogP contribution is -2.42. The molecule has 0 amide bonds. The summed E-state index contributed by atoms with van der Waals surface area (Å²) in [4.78, 5) is 0. The first-order chi connectivity index (χ1) is 4.19. The largest absolute Gasteiger partial charge is 0.388 e. The maximum atomic E-state index is 9.64. The zero-order valence-electron chi connectivity index (χ0n) is 5.93. The van der Waals surface area contributed by atoms with Crippen molar-refractivity contribution in [3.63, 3.8) is 0 Å². The molecule has 0 aliphatic heterocycles. The highest BCUT2D eigenvalue weighted by Gasteiger charge is 2.36. The molecular formula is C7H15NO. The maximum absolute atomic E-state index is 9.64. The zero-order valence-corrected chi connectivity index (χ0v) is 5.93. The fourth-order valence-electron chi connectivity index (χ4n) is 1.52. The maximum Gasteiger partial charge on any atom is 0.0795 e. The van der Waals surface area contributed by atoms with Crippen molar-refractivity contribution in [3.05, 3.63) is 0 Å². The van der Waals surface area contributed by atoms with Gasteiger partial charge in [-0.15, -0.1) is 0 Å². The first-order valence-corrected chi connectivity index (χ1v) is 3.67. The normalized spacial score (nSPS) is 43.7. The minimum Gasteiger partial charge on any atom is -0.388 e. The van der Waals surface area contributed by atoms with E-state index in [0.717, 1.165) is 25.7 Å². The van der Waals surface area contributed by atoms with Gasteiger partial charge in [-0.2, -0.15) is 0 Å². The number of aliphatic hydroxyl groups is 1. The Kier molecular flexibility index (Phi) is 1.78. The molecule has 0 saturated heterocycles. The lowest BCUT2D eigenvalue weighted by atomic mass is 9.95. The van der Waals surface area contributed by atoms with Crippen molar-refractivity contribution >= 4 is 0 Å². The molecule has 2 nitrogen and oxygen atoms in total. The van der Waals surface area contributed by atoms with Crippen LogP contribution in [0.1, 0.15) is 32.6 Å². The lowest BCUT2D eigenvalue weighted by molar-refractivity contribution is 0.0283. The smallest absolute Gasteiger partial charge is 0.0795 e. The van der Waals surface area contributed by atoms with E-state index < -0.39 is 5.60 Å². The van der Waals surface area contributed by atoms with Gasteiger partial charge in [-0.25, -0.2) is 0 Å². The molecule has 1 rings (SSSR count). The van der Waals surface area contributed by atoms with Crippen molar-refractivity contribution in [1.29, 1.82) is 0 Å². The fraction of sp³-hybridized carbons (Fsp3) is 1.00. The first kappa shape index (κ1) is 7.03. The Hall–Kier alpha value is -0.0800. The topological polar surface area (TPSA) is 46.2 Å². The SMILES string of the molecule is CC[C@]1(O)CCC[C@@H]1N. The molecule has 1 aliphatic carbocycles. The highest BCUT2D eigenvalue weighted by atomic mass is 16.3. The van der Waals surface area contributed by atoms with Gasteiger partial charge in [-0.3, -0.25) is 0 Å². The van der Waals surface area contributed by atoms with E-state index in [0.29, 0.717) is 0 Å². The van der Waals surface area contributed by atoms with Crippen molar-refractivity contribution in [2.75, 3.05) is 0 Å². The van der Waals surface area contributed by atoms with E-state index in [1.807, 2.05) is 6.92 Å². The van der Waals surface area contributed by atoms with Crippen LogP contribution in [0.5, 0.6) is 0 Å². The molecule has 1 aliphatic rings. The van der Waals surface area contributed by atoms with Crippen molar-refractivity contribution in [1.82, 2.24) is 0 Å². The van der Waals surface area contributed by atoms with Gasteiger partial charge in [-0.1, -0.05) is 6.92 Å². The molecule has 0 bridgehead atoms. The van der Waals surface area contributed by atoms with Crippen LogP contribution in [0.2, 0.25) is 0 Å². The monoisotopic (exact) mass is 129 g/mol. The van der Waals surface area contributed by atoms with Crippen LogP contribution in [0, 0.1) is 0 Å². The van der Waals surface area contributed by atoms with Crippen molar-refractivity contribution in [2.45, 2.75) is 44.2 Å². The summed E-state index contributed by atoms with van der Waals surface area (Å²) in [7, 11) is 0. The summed E-state index contributed by atoms with van der Waals surface area (Å²) >= 11 is 0. The highest BCUT2D eigenvalue weighted by molar-refractivity contribution is 4.93. The Morgan fingerprint density at radius 2 is 2.44 bits per heavy atom. The number of rotatable bonds is 1. The Morgan fingerprint density at radius 3 is 2.67 bits per heavy atom. The average Bonchev–Trinajstić information content (AvgIpc) is 2.15. The molecule has 1 saturated carbocycles. The fourth-order valence-corrected chi connectivity index (χ4v) is 1.52. The van der Waals surface area contributed by atoms with Crippen LogP contribution in [-0.4, -0.2) is 16.7 Å². The van der Waals surface area contributed by atoms with Crippen LogP contribution >= 0.6 is 0 Å². The summed E-state index contributed by atoms with van der Waals surface area (Å²) in [5.74, 6) is 0. The quantitative estimate of drug-likeness (QED) is 0.545. The third kappa shape index (κ3) is 1.10. The van der Waals surface area contributed by atoms with Crippen LogP contribution < -0.4 is 5.73 Å². The summed E-state index contributed by atoms with van der Waals surface area (Å²) in [6, 6.07) is 0.0301. The minimum absolute atomic E-state index is 0.0301. The molecule has 0 heterocycles. The lowest BCUT2D eigenvalue weighted by Gasteiger charge is -2.25. The Bertz CT molecular complexity index is 105. The Balaban J connectivity index is 2.56. The molecule has 1 fully saturated rings. The van der Waals surface area contributed by atoms with E-state index in [1.165, 1.54) is 0 Å². The van der Waals surface area contributed by atoms with E-state index >= 15 is 0 Å². The van der Waals surface area contributed by atoms with Crippen molar-refractivity contribution < 1.29 is 5.11 Å². The average molecular weight is 129 g/mol. The van der Waals surface area contributed by atoms with Gasteiger partial charge in [0.1, 0.15) is 0 Å². The van der Waals surface area contributed by atoms with Gasteiger partial charge in [-0.05, 0) is 25.7 Å². The van der Waals surface area contributed by atoms with Crippen LogP contribution in [0.3, 0.4) is 0 Å². The third-order valence-electron chi connectivity index (χ3n) is 2.43. The minimum atomic E-state index is -0.528. The number of hydrogen-bond acceptors (Lipinski definition) is 2. The molecule has 0 aromatic heterocycles. The molecule has 0 aromatic rings. The number of nitrogens with two attached hydrogens (primary N) is 1. The summed E-state index contributed by atoms with van der Waals surface area (Å²) in [5, 5.41) is 9.64. The second kappa shape index (κ2) is 2.27. The van der Waals surface area contributed by atoms with Crippen LogP contribution in [0.25, 0.3) is 0 Å². The zero-order chi connectivity index (χ0) is 6.91. The van der Waals surface area contributed by atoms with E-state index in [4.69, 9.17) is 5.73 Å². The molecule has 2 heteroatoms. The van der Waals surface area contributed by atoms with Gasteiger partial charge < -0.3 is 10.8 Å². The molecule has 2 atom stereocenters. The summed E-state index contributed by atoms with van der Waals surface area (Å²) in [6.45, 7) is 1.99. The molecule has 54 valence electrons. The molecule has 3 N–H and O–H groups in total. The second-order valence-electron chi connectivity index (χ2n) is 2.96. The Morgan fingerprint density at radius 1 is 1.78 bits per heavy atom. The van der Waals surface area contributed by atoms with E-state index in [9.17, 15) is 5.11 Å². The van der Waals surface area contributed by atoms with Gasteiger partial charge in [0.2, 0.25) is 0 Å². The van der Waals surface area contributed by atoms with E-state index in [1.54, 1.807) is 0 Å². The first-order valence-electron chi connectivity index (χ1n) is 3.67. The predicted octanol–water partition coefficient (Wildman–Crippen LogP) is 0.639. The standard InChI is InChI=1S/C7H15NO/c1-2-7(9)5-3-4-6(7)8/h6,9H,2-5,8H2,1H3/t6-,7-/m0/s1. The van der Waals surface area contributed by atoms with Crippen LogP contribution in [-0.2, 0) is 0 Å². The van der Waals surface area contributed by atoms with Crippen molar-refractivity contribution in [3.8, 4) is 0 Å². The summed E-state index contributed by atoms with van der Waals surface area (Å²) < 4.78 is 0. The van der Waals surface area contributed by atoms with E-state index in [2.05, 4.69) is 0 Å². The molecular weight excluding hydrogens is 114 g/mol. The van der Waals surface area contributed by atoms with Gasteiger partial charge in [0, 0.05) is 6.04 Å².